The maximum absolute atomic E-state index is 13.6. The van der Waals surface area contributed by atoms with Crippen molar-refractivity contribution in [2.45, 2.75) is 24.1 Å². The van der Waals surface area contributed by atoms with Crippen LogP contribution < -0.4 is 5.73 Å². The van der Waals surface area contributed by atoms with Crippen LogP contribution in [0.25, 0.3) is 0 Å². The molecule has 0 aliphatic rings. The molecule has 2 aromatic rings. The first-order valence-corrected chi connectivity index (χ1v) is 6.33. The summed E-state index contributed by atoms with van der Waals surface area (Å²) in [6.07, 6.45) is 1.64. The number of rotatable bonds is 4. The predicted molar refractivity (Wildman–Crippen MR) is 67.3 cm³/mol. The fourth-order valence-corrected chi connectivity index (χ4v) is 2.48. The van der Waals surface area contributed by atoms with Crippen LogP contribution in [-0.2, 0) is 12.3 Å². The second-order valence-corrected chi connectivity index (χ2v) is 4.78. The average Bonchev–Trinajstić information content (AvgIpc) is 2.74. The molecule has 0 fully saturated rings. The number of nitrogens with two attached hydrogens (primary N) is 1. The zero-order valence-corrected chi connectivity index (χ0v) is 10.4. The van der Waals surface area contributed by atoms with Crippen LogP contribution in [0, 0.1) is 12.7 Å². The lowest BCUT2D eigenvalue weighted by molar-refractivity contribution is 0.527. The van der Waals surface area contributed by atoms with E-state index < -0.39 is 0 Å². The Kier molecular flexibility index (Phi) is 3.86. The predicted octanol–water partition coefficient (Wildman–Crippen LogP) is 3.48. The molecule has 1 aromatic carbocycles. The third-order valence-corrected chi connectivity index (χ3v) is 3.73. The summed E-state index contributed by atoms with van der Waals surface area (Å²) in [6, 6.07) is 6.90. The number of halogens is 1. The minimum Gasteiger partial charge on any atom is -0.468 e. The smallest absolute Gasteiger partial charge is 0.127 e. The Morgan fingerprint density at radius 1 is 1.35 bits per heavy atom. The van der Waals surface area contributed by atoms with Crippen LogP contribution in [0.2, 0.25) is 0 Å². The lowest BCUT2D eigenvalue weighted by Gasteiger charge is -2.05. The zero-order valence-electron chi connectivity index (χ0n) is 9.57. The molecule has 4 heteroatoms. The number of hydrogen-bond donors (Lipinski definition) is 1. The van der Waals surface area contributed by atoms with Crippen LogP contribution in [0.1, 0.15) is 16.9 Å². The SMILES string of the molecule is Cc1occc1SCc1cc(CN)ccc1F. The van der Waals surface area contributed by atoms with Crippen LogP contribution in [-0.4, -0.2) is 0 Å². The van der Waals surface area contributed by atoms with Gasteiger partial charge in [0.2, 0.25) is 0 Å². The first-order chi connectivity index (χ1) is 8.20. The maximum atomic E-state index is 13.6. The number of thioether (sulfide) groups is 1. The van der Waals surface area contributed by atoms with Gasteiger partial charge in [0.1, 0.15) is 11.6 Å². The molecule has 0 atom stereocenters. The third kappa shape index (κ3) is 2.90. The molecule has 0 spiro atoms. The summed E-state index contributed by atoms with van der Waals surface area (Å²) >= 11 is 1.57. The first-order valence-electron chi connectivity index (χ1n) is 5.35. The molecule has 2 nitrogen and oxygen atoms in total. The highest BCUT2D eigenvalue weighted by Gasteiger charge is 2.06. The Morgan fingerprint density at radius 3 is 2.82 bits per heavy atom. The van der Waals surface area contributed by atoms with Gasteiger partial charge in [0.25, 0.3) is 0 Å². The van der Waals surface area contributed by atoms with E-state index in [-0.39, 0.29) is 5.82 Å². The molecule has 0 unspecified atom stereocenters. The molecule has 0 amide bonds. The van der Waals surface area contributed by atoms with Crippen molar-refractivity contribution in [3.8, 4) is 0 Å². The molecule has 90 valence electrons. The number of aryl methyl sites for hydroxylation is 1. The van der Waals surface area contributed by atoms with Crippen molar-refractivity contribution in [2.24, 2.45) is 5.73 Å². The maximum Gasteiger partial charge on any atom is 0.127 e. The highest BCUT2D eigenvalue weighted by atomic mass is 32.2. The lowest BCUT2D eigenvalue weighted by Crippen LogP contribution is -1.98. The second-order valence-electron chi connectivity index (χ2n) is 3.76. The minimum absolute atomic E-state index is 0.184. The van der Waals surface area contributed by atoms with Crippen LogP contribution in [0.3, 0.4) is 0 Å². The van der Waals surface area contributed by atoms with E-state index in [1.54, 1.807) is 24.1 Å². The summed E-state index contributed by atoms with van der Waals surface area (Å²) < 4.78 is 18.8. The van der Waals surface area contributed by atoms with Crippen molar-refractivity contribution in [1.29, 1.82) is 0 Å². The highest BCUT2D eigenvalue weighted by molar-refractivity contribution is 7.98. The standard InChI is InChI=1S/C13H14FNOS/c1-9-13(4-5-16-9)17-8-11-6-10(7-15)2-3-12(11)14/h2-6H,7-8,15H2,1H3. The van der Waals surface area contributed by atoms with Crippen LogP contribution >= 0.6 is 11.8 Å². The van der Waals surface area contributed by atoms with Gasteiger partial charge in [-0.3, -0.25) is 0 Å². The fourth-order valence-electron chi connectivity index (χ4n) is 1.54. The summed E-state index contributed by atoms with van der Waals surface area (Å²) in [5.74, 6) is 1.27. The Morgan fingerprint density at radius 2 is 2.18 bits per heavy atom. The molecule has 0 saturated carbocycles. The molecular weight excluding hydrogens is 237 g/mol. The van der Waals surface area contributed by atoms with Crippen molar-refractivity contribution in [3.05, 3.63) is 53.2 Å². The molecule has 17 heavy (non-hydrogen) atoms. The minimum atomic E-state index is -0.184. The van der Waals surface area contributed by atoms with E-state index in [0.29, 0.717) is 17.9 Å². The first kappa shape index (κ1) is 12.2. The molecule has 2 rings (SSSR count). The van der Waals surface area contributed by atoms with E-state index in [0.717, 1.165) is 16.2 Å². The molecule has 2 N–H and O–H groups in total. The van der Waals surface area contributed by atoms with Gasteiger partial charge in [0.15, 0.2) is 0 Å². The Balaban J connectivity index is 2.11. The summed E-state index contributed by atoms with van der Waals surface area (Å²) in [5.41, 5.74) is 7.17. The topological polar surface area (TPSA) is 39.2 Å². The van der Waals surface area contributed by atoms with E-state index >= 15 is 0 Å². The quantitative estimate of drug-likeness (QED) is 0.846. The van der Waals surface area contributed by atoms with Crippen molar-refractivity contribution in [3.63, 3.8) is 0 Å². The summed E-state index contributed by atoms with van der Waals surface area (Å²) in [4.78, 5) is 1.04. The summed E-state index contributed by atoms with van der Waals surface area (Å²) in [6.45, 7) is 2.33. The van der Waals surface area contributed by atoms with Crippen LogP contribution in [0.15, 0.2) is 39.8 Å². The summed E-state index contributed by atoms with van der Waals surface area (Å²) in [7, 11) is 0. The molecule has 0 aliphatic heterocycles. The largest absolute Gasteiger partial charge is 0.468 e. The highest BCUT2D eigenvalue weighted by Crippen LogP contribution is 2.27. The van der Waals surface area contributed by atoms with Gasteiger partial charge in [-0.15, -0.1) is 11.8 Å². The van der Waals surface area contributed by atoms with Gasteiger partial charge >= 0.3 is 0 Å². The Bertz CT molecular complexity index is 510. The van der Waals surface area contributed by atoms with Crippen molar-refractivity contribution in [1.82, 2.24) is 0 Å². The molecule has 0 aliphatic carbocycles. The van der Waals surface area contributed by atoms with Crippen molar-refractivity contribution < 1.29 is 8.81 Å². The molecular formula is C13H14FNOS. The monoisotopic (exact) mass is 251 g/mol. The van der Waals surface area contributed by atoms with E-state index in [1.165, 1.54) is 6.07 Å². The number of benzene rings is 1. The van der Waals surface area contributed by atoms with Gasteiger partial charge in [0.05, 0.1) is 6.26 Å². The van der Waals surface area contributed by atoms with Gasteiger partial charge in [-0.05, 0) is 30.2 Å². The van der Waals surface area contributed by atoms with Crippen molar-refractivity contribution >= 4 is 11.8 Å². The molecule has 0 radical (unpaired) electrons. The molecule has 0 saturated heterocycles. The van der Waals surface area contributed by atoms with Gasteiger partial charge in [-0.2, -0.15) is 0 Å². The van der Waals surface area contributed by atoms with Gasteiger partial charge in [-0.25, -0.2) is 4.39 Å². The third-order valence-electron chi connectivity index (χ3n) is 2.54. The second kappa shape index (κ2) is 5.38. The Hall–Kier alpha value is -1.26. The van der Waals surface area contributed by atoms with Crippen LogP contribution in [0.5, 0.6) is 0 Å². The van der Waals surface area contributed by atoms with Crippen LogP contribution in [0.4, 0.5) is 4.39 Å². The van der Waals surface area contributed by atoms with Gasteiger partial charge < -0.3 is 10.2 Å². The number of furan rings is 1. The average molecular weight is 251 g/mol. The molecule has 1 aromatic heterocycles. The molecule has 1 heterocycles. The van der Waals surface area contributed by atoms with E-state index in [2.05, 4.69) is 0 Å². The van der Waals surface area contributed by atoms with Crippen molar-refractivity contribution in [2.75, 3.05) is 0 Å². The summed E-state index contributed by atoms with van der Waals surface area (Å²) in [5, 5.41) is 0. The number of hydrogen-bond acceptors (Lipinski definition) is 3. The van der Waals surface area contributed by atoms with E-state index in [9.17, 15) is 4.39 Å². The lowest BCUT2D eigenvalue weighted by atomic mass is 10.1. The van der Waals surface area contributed by atoms with Gasteiger partial charge in [-0.1, -0.05) is 12.1 Å². The van der Waals surface area contributed by atoms with E-state index in [4.69, 9.17) is 10.2 Å². The normalized spacial score (nSPS) is 10.8. The zero-order chi connectivity index (χ0) is 12.3. The molecule has 0 bridgehead atoms. The Labute approximate surface area is 104 Å². The van der Waals surface area contributed by atoms with E-state index in [1.807, 2.05) is 19.1 Å². The fraction of sp³-hybridized carbons (Fsp3) is 0.231. The van der Waals surface area contributed by atoms with Gasteiger partial charge in [0, 0.05) is 17.2 Å².